The van der Waals surface area contributed by atoms with Crippen LogP contribution < -0.4 is 0 Å². The lowest BCUT2D eigenvalue weighted by Crippen LogP contribution is -2.00. The Labute approximate surface area is 272 Å². The van der Waals surface area contributed by atoms with Crippen molar-refractivity contribution < 1.29 is 19.7 Å². The van der Waals surface area contributed by atoms with Gasteiger partial charge in [0.15, 0.2) is 0 Å². The molecule has 2 aliphatic heterocycles. The van der Waals surface area contributed by atoms with Gasteiger partial charge in [0.1, 0.15) is 0 Å². The Morgan fingerprint density at radius 2 is 1.02 bits per heavy atom. The van der Waals surface area contributed by atoms with E-state index in [2.05, 4.69) is 75.8 Å². The van der Waals surface area contributed by atoms with Gasteiger partial charge >= 0.3 is 0 Å². The summed E-state index contributed by atoms with van der Waals surface area (Å²) in [7, 11) is 0. The molecular weight excluding hydrogens is 576 g/mol. The summed E-state index contributed by atoms with van der Waals surface area (Å²) >= 11 is 0. The molecule has 4 N–H and O–H groups in total. The van der Waals surface area contributed by atoms with Crippen molar-refractivity contribution in [2.24, 2.45) is 0 Å². The smallest absolute Gasteiger partial charge is 0.0820 e. The maximum absolute atomic E-state index is 9.73. The first-order chi connectivity index (χ1) is 22.1. The molecule has 0 fully saturated rings. The maximum atomic E-state index is 9.73. The van der Waals surface area contributed by atoms with Crippen LogP contribution in [0.2, 0.25) is 0 Å². The summed E-state index contributed by atoms with van der Waals surface area (Å²) in [5, 5.41) is 19.5. The van der Waals surface area contributed by atoms with Crippen molar-refractivity contribution in [3.63, 3.8) is 0 Å². The van der Waals surface area contributed by atoms with Crippen LogP contribution in [-0.2, 0) is 9.47 Å². The van der Waals surface area contributed by atoms with Crippen LogP contribution in [0.3, 0.4) is 0 Å². The molecule has 2 aliphatic rings. The van der Waals surface area contributed by atoms with E-state index in [1.807, 2.05) is 13.8 Å². The topological polar surface area (TPSA) is 116 Å². The monoisotopic (exact) mass is 626 g/mol. The zero-order valence-electron chi connectivity index (χ0n) is 28.7. The number of fused-ring (bicyclic) bond motifs is 8. The van der Waals surface area contributed by atoms with Gasteiger partial charge in [-0.3, -0.25) is 0 Å². The minimum atomic E-state index is -0.119. The van der Waals surface area contributed by atoms with Gasteiger partial charge in [-0.15, -0.1) is 0 Å². The van der Waals surface area contributed by atoms with Crippen LogP contribution >= 0.6 is 0 Å². The molecule has 0 aliphatic carbocycles. The van der Waals surface area contributed by atoms with E-state index < -0.39 is 0 Å². The molecule has 0 spiro atoms. The molecule has 246 valence electrons. The van der Waals surface area contributed by atoms with Gasteiger partial charge < -0.3 is 29.7 Å². The highest BCUT2D eigenvalue weighted by Gasteiger charge is 2.23. The molecule has 2 unspecified atom stereocenters. The number of aryl methyl sites for hydroxylation is 2. The fourth-order valence-corrected chi connectivity index (χ4v) is 7.00. The second kappa shape index (κ2) is 14.5. The van der Waals surface area contributed by atoms with Crippen LogP contribution in [-0.4, -0.2) is 56.6 Å². The fraction of sp³-hybridized carbons (Fsp3) is 0.474. The van der Waals surface area contributed by atoms with E-state index in [9.17, 15) is 10.2 Å². The van der Waals surface area contributed by atoms with Crippen molar-refractivity contribution in [1.29, 1.82) is 0 Å². The molecule has 8 bridgehead atoms. The maximum Gasteiger partial charge on any atom is 0.0820 e. The minimum absolute atomic E-state index is 0.107. The Hall–Kier alpha value is -3.56. The van der Waals surface area contributed by atoms with Crippen LogP contribution in [0, 0.1) is 13.8 Å². The summed E-state index contributed by atoms with van der Waals surface area (Å²) in [6, 6.07) is 8.57. The largest absolute Gasteiger partial charge is 0.396 e. The lowest BCUT2D eigenvalue weighted by molar-refractivity contribution is 0.0769. The standard InChI is InChI=1S/C38H50N4O4/c1-9-45-25(7)37-23(5)31-17-29-21(3)27(13-11-15-43)33(39-29)20-34-28(14-12-16-44)22(4)30(40-34)18-35-38(26(8)46-10-2)24(6)32(42-35)19-36(37)41-31/h17-20,25-26,41-44H,9-16H2,1-8H3. The van der Waals surface area contributed by atoms with Gasteiger partial charge in [-0.05, 0) is 139 Å². The predicted molar refractivity (Wildman–Crippen MR) is 188 cm³/mol. The fourth-order valence-electron chi connectivity index (χ4n) is 7.00. The van der Waals surface area contributed by atoms with E-state index in [1.54, 1.807) is 0 Å². The molecule has 8 nitrogen and oxygen atoms in total. The number of aliphatic hydroxyl groups excluding tert-OH is 2. The number of allylic oxidation sites excluding steroid dienone is 4. The molecular formula is C38H50N4O4. The van der Waals surface area contributed by atoms with E-state index in [4.69, 9.17) is 19.4 Å². The highest BCUT2D eigenvalue weighted by Crippen LogP contribution is 2.39. The highest BCUT2D eigenvalue weighted by atomic mass is 16.5. The third-order valence-electron chi connectivity index (χ3n) is 9.45. The first-order valence-electron chi connectivity index (χ1n) is 16.7. The van der Waals surface area contributed by atoms with Gasteiger partial charge in [0.2, 0.25) is 0 Å². The van der Waals surface area contributed by atoms with Gasteiger partial charge in [0.25, 0.3) is 0 Å². The van der Waals surface area contributed by atoms with Crippen molar-refractivity contribution in [3.05, 3.63) is 69.3 Å². The zero-order chi connectivity index (χ0) is 33.1. The second-order valence-corrected chi connectivity index (χ2v) is 12.4. The molecule has 5 heterocycles. The number of hydrogen-bond acceptors (Lipinski definition) is 6. The summed E-state index contributed by atoms with van der Waals surface area (Å²) < 4.78 is 12.3. The predicted octanol–water partition coefficient (Wildman–Crippen LogP) is 8.53. The number of rotatable bonds is 12. The van der Waals surface area contributed by atoms with Gasteiger partial charge in [0.05, 0.1) is 35.0 Å². The summed E-state index contributed by atoms with van der Waals surface area (Å²) in [5.74, 6) is 0. The Morgan fingerprint density at radius 1 is 0.609 bits per heavy atom. The molecule has 3 aromatic heterocycles. The summed E-state index contributed by atoms with van der Waals surface area (Å²) in [6.45, 7) is 18.2. The van der Waals surface area contributed by atoms with Crippen molar-refractivity contribution in [1.82, 2.24) is 19.9 Å². The summed E-state index contributed by atoms with van der Waals surface area (Å²) in [5.41, 5.74) is 16.5. The number of hydrogen-bond donors (Lipinski definition) is 4. The molecule has 0 radical (unpaired) electrons. The highest BCUT2D eigenvalue weighted by molar-refractivity contribution is 5.95. The number of nitrogens with zero attached hydrogens (tertiary/aromatic N) is 2. The van der Waals surface area contributed by atoms with Crippen molar-refractivity contribution >= 4 is 44.4 Å². The molecule has 3 aromatic rings. The van der Waals surface area contributed by atoms with Crippen LogP contribution in [0.15, 0.2) is 24.3 Å². The number of nitrogens with one attached hydrogen (secondary N) is 2. The van der Waals surface area contributed by atoms with E-state index in [-0.39, 0.29) is 25.4 Å². The van der Waals surface area contributed by atoms with Crippen molar-refractivity contribution in [2.75, 3.05) is 26.4 Å². The molecule has 0 aromatic carbocycles. The van der Waals surface area contributed by atoms with E-state index in [0.29, 0.717) is 26.1 Å². The number of aromatic nitrogens is 4. The molecule has 0 saturated heterocycles. The van der Waals surface area contributed by atoms with Crippen molar-refractivity contribution in [2.45, 2.75) is 93.3 Å². The first-order valence-corrected chi connectivity index (χ1v) is 16.7. The van der Waals surface area contributed by atoms with Gasteiger partial charge in [-0.25, -0.2) is 9.97 Å². The number of aliphatic hydroxyl groups is 2. The van der Waals surface area contributed by atoms with E-state index in [1.165, 1.54) is 0 Å². The molecule has 5 rings (SSSR count). The Morgan fingerprint density at radius 3 is 1.46 bits per heavy atom. The second-order valence-electron chi connectivity index (χ2n) is 12.4. The SMILES string of the molecule is CCOC(C)c1c(C)c2cc3[nH]c(cc4nc(cc5nc(cc1[nH]2)C(C)=C5CCCO)C(CCCO)=C4C)c(C)c3C(C)OCC. The Bertz CT molecular complexity index is 1830. The average Bonchev–Trinajstić information content (AvgIpc) is 3.68. The van der Waals surface area contributed by atoms with Gasteiger partial charge in [-0.2, -0.15) is 0 Å². The Kier molecular flexibility index (Phi) is 10.6. The zero-order valence-corrected chi connectivity index (χ0v) is 28.7. The minimum Gasteiger partial charge on any atom is -0.396 e. The molecule has 8 heteroatoms. The first kappa shape index (κ1) is 33.8. The van der Waals surface area contributed by atoms with Gasteiger partial charge in [0, 0.05) is 59.6 Å². The Balaban J connectivity index is 1.95. The average molecular weight is 627 g/mol. The summed E-state index contributed by atoms with van der Waals surface area (Å²) in [6.07, 6.45) is 2.52. The van der Waals surface area contributed by atoms with E-state index >= 15 is 0 Å². The van der Waals surface area contributed by atoms with Crippen LogP contribution in [0.4, 0.5) is 0 Å². The van der Waals surface area contributed by atoms with Gasteiger partial charge in [-0.1, -0.05) is 0 Å². The quantitative estimate of drug-likeness (QED) is 0.160. The molecule has 0 saturated carbocycles. The molecule has 46 heavy (non-hydrogen) atoms. The lowest BCUT2D eigenvalue weighted by Gasteiger charge is -2.12. The number of ether oxygens (including phenoxy) is 2. The molecule has 2 atom stereocenters. The normalized spacial score (nSPS) is 14.8. The van der Waals surface area contributed by atoms with Crippen molar-refractivity contribution in [3.8, 4) is 0 Å². The number of H-pyrrole nitrogens is 2. The third kappa shape index (κ3) is 6.49. The van der Waals surface area contributed by atoms with Crippen LogP contribution in [0.1, 0.15) is 124 Å². The number of aromatic amines is 2. The molecule has 0 amide bonds. The van der Waals surface area contributed by atoms with E-state index in [0.717, 1.165) is 102 Å². The lowest BCUT2D eigenvalue weighted by atomic mass is 9.98. The summed E-state index contributed by atoms with van der Waals surface area (Å²) in [4.78, 5) is 17.8. The third-order valence-corrected chi connectivity index (χ3v) is 9.45. The van der Waals surface area contributed by atoms with Crippen LogP contribution in [0.5, 0.6) is 0 Å². The van der Waals surface area contributed by atoms with Crippen LogP contribution in [0.25, 0.3) is 44.4 Å².